The summed E-state index contributed by atoms with van der Waals surface area (Å²) in [5.74, 6) is -0.270. The Morgan fingerprint density at radius 2 is 1.59 bits per heavy atom. The second kappa shape index (κ2) is 8.80. The molecule has 0 saturated carbocycles. The lowest BCUT2D eigenvalue weighted by Crippen LogP contribution is -2.29. The molecular weight excluding hydrogens is 452 g/mol. The summed E-state index contributed by atoms with van der Waals surface area (Å²) >= 11 is 3.40. The molecule has 1 N–H and O–H groups in total. The van der Waals surface area contributed by atoms with Gasteiger partial charge in [0.15, 0.2) is 0 Å². The van der Waals surface area contributed by atoms with Crippen LogP contribution in [0.15, 0.2) is 77.3 Å². The standard InChI is InChI=1S/C22H21BrN2O3S/c1-16-7-9-17(10-8-16)15-25(29(2,27)28)19-13-11-18(12-14-19)22(26)24-21-6-4-3-5-20(21)23/h3-14H,15H2,1-2H3,(H,24,26). The van der Waals surface area contributed by atoms with E-state index in [-0.39, 0.29) is 12.5 Å². The molecule has 0 spiro atoms. The molecule has 0 radical (unpaired) electrons. The van der Waals surface area contributed by atoms with Gasteiger partial charge >= 0.3 is 0 Å². The number of amides is 1. The molecule has 29 heavy (non-hydrogen) atoms. The van der Waals surface area contributed by atoms with E-state index in [4.69, 9.17) is 0 Å². The van der Waals surface area contributed by atoms with Crippen molar-refractivity contribution in [3.05, 3.63) is 94.0 Å². The molecule has 0 fully saturated rings. The highest BCUT2D eigenvalue weighted by atomic mass is 79.9. The van der Waals surface area contributed by atoms with Crippen molar-refractivity contribution in [3.8, 4) is 0 Å². The molecule has 0 aliphatic rings. The quantitative estimate of drug-likeness (QED) is 0.550. The molecule has 150 valence electrons. The van der Waals surface area contributed by atoms with Crippen molar-refractivity contribution in [2.45, 2.75) is 13.5 Å². The number of anilines is 2. The minimum atomic E-state index is -3.49. The van der Waals surface area contributed by atoms with E-state index in [1.165, 1.54) is 10.6 Å². The van der Waals surface area contributed by atoms with E-state index in [9.17, 15) is 13.2 Å². The van der Waals surface area contributed by atoms with Crippen LogP contribution < -0.4 is 9.62 Å². The van der Waals surface area contributed by atoms with Crippen LogP contribution in [0, 0.1) is 6.92 Å². The van der Waals surface area contributed by atoms with Gasteiger partial charge in [-0.15, -0.1) is 0 Å². The first-order valence-corrected chi connectivity index (χ1v) is 11.6. The van der Waals surface area contributed by atoms with E-state index in [1.54, 1.807) is 30.3 Å². The maximum absolute atomic E-state index is 12.5. The van der Waals surface area contributed by atoms with Crippen molar-refractivity contribution < 1.29 is 13.2 Å². The highest BCUT2D eigenvalue weighted by Crippen LogP contribution is 2.24. The number of carbonyl (C=O) groups is 1. The maximum atomic E-state index is 12.5. The lowest BCUT2D eigenvalue weighted by Gasteiger charge is -2.23. The second-order valence-electron chi connectivity index (χ2n) is 6.74. The van der Waals surface area contributed by atoms with Gasteiger partial charge in [0.05, 0.1) is 24.2 Å². The number of aryl methyl sites for hydroxylation is 1. The molecule has 0 atom stereocenters. The van der Waals surface area contributed by atoms with Crippen LogP contribution in [-0.2, 0) is 16.6 Å². The number of benzene rings is 3. The molecule has 5 nitrogen and oxygen atoms in total. The Morgan fingerprint density at radius 1 is 0.966 bits per heavy atom. The fourth-order valence-corrected chi connectivity index (χ4v) is 4.07. The van der Waals surface area contributed by atoms with Crippen LogP contribution >= 0.6 is 15.9 Å². The summed E-state index contributed by atoms with van der Waals surface area (Å²) in [5.41, 5.74) is 3.61. The number of sulfonamides is 1. The monoisotopic (exact) mass is 472 g/mol. The SMILES string of the molecule is Cc1ccc(CN(c2ccc(C(=O)Nc3ccccc3Br)cc2)S(C)(=O)=O)cc1. The Kier molecular flexibility index (Phi) is 6.39. The van der Waals surface area contributed by atoms with Crippen molar-refractivity contribution in [2.24, 2.45) is 0 Å². The van der Waals surface area contributed by atoms with Crippen LogP contribution in [0.4, 0.5) is 11.4 Å². The van der Waals surface area contributed by atoms with Gasteiger partial charge < -0.3 is 5.32 Å². The summed E-state index contributed by atoms with van der Waals surface area (Å²) in [5, 5.41) is 2.83. The lowest BCUT2D eigenvalue weighted by molar-refractivity contribution is 0.102. The average molecular weight is 473 g/mol. The molecule has 0 aliphatic carbocycles. The molecule has 0 heterocycles. The number of halogens is 1. The topological polar surface area (TPSA) is 66.5 Å². The minimum Gasteiger partial charge on any atom is -0.321 e. The number of hydrogen-bond donors (Lipinski definition) is 1. The Bertz CT molecular complexity index is 1110. The Hall–Kier alpha value is -2.64. The van der Waals surface area contributed by atoms with Gasteiger partial charge in [-0.25, -0.2) is 8.42 Å². The van der Waals surface area contributed by atoms with E-state index >= 15 is 0 Å². The summed E-state index contributed by atoms with van der Waals surface area (Å²) in [6, 6.07) is 21.6. The molecule has 1 amide bonds. The summed E-state index contributed by atoms with van der Waals surface area (Å²) in [6.07, 6.45) is 1.18. The number of carbonyl (C=O) groups excluding carboxylic acids is 1. The Balaban J connectivity index is 1.81. The predicted octanol–water partition coefficient (Wildman–Crippen LogP) is 4.98. The minimum absolute atomic E-state index is 0.224. The lowest BCUT2D eigenvalue weighted by atomic mass is 10.1. The van der Waals surface area contributed by atoms with Crippen LogP contribution in [0.5, 0.6) is 0 Å². The van der Waals surface area contributed by atoms with Crippen LogP contribution in [0.3, 0.4) is 0 Å². The molecule has 7 heteroatoms. The van der Waals surface area contributed by atoms with Gasteiger partial charge in [0.1, 0.15) is 0 Å². The number of hydrogen-bond acceptors (Lipinski definition) is 3. The van der Waals surface area contributed by atoms with Crippen LogP contribution in [0.25, 0.3) is 0 Å². The predicted molar refractivity (Wildman–Crippen MR) is 121 cm³/mol. The van der Waals surface area contributed by atoms with E-state index in [2.05, 4.69) is 21.2 Å². The van der Waals surface area contributed by atoms with Gasteiger partial charge in [-0.05, 0) is 64.8 Å². The molecule has 0 saturated heterocycles. The van der Waals surface area contributed by atoms with Gasteiger partial charge in [0, 0.05) is 10.0 Å². The fraction of sp³-hybridized carbons (Fsp3) is 0.136. The summed E-state index contributed by atoms with van der Waals surface area (Å²) < 4.78 is 26.8. The van der Waals surface area contributed by atoms with Crippen molar-refractivity contribution in [2.75, 3.05) is 15.9 Å². The Morgan fingerprint density at radius 3 is 2.17 bits per heavy atom. The number of para-hydroxylation sites is 1. The van der Waals surface area contributed by atoms with Gasteiger partial charge in [-0.2, -0.15) is 0 Å². The van der Waals surface area contributed by atoms with Gasteiger partial charge in [-0.1, -0.05) is 42.0 Å². The third kappa shape index (κ3) is 5.46. The molecule has 3 aromatic carbocycles. The van der Waals surface area contributed by atoms with Crippen molar-refractivity contribution >= 4 is 43.2 Å². The summed E-state index contributed by atoms with van der Waals surface area (Å²) in [4.78, 5) is 12.5. The zero-order valence-corrected chi connectivity index (χ0v) is 18.5. The van der Waals surface area contributed by atoms with E-state index < -0.39 is 10.0 Å². The smallest absolute Gasteiger partial charge is 0.255 e. The molecule has 0 unspecified atom stereocenters. The van der Waals surface area contributed by atoms with E-state index in [0.29, 0.717) is 16.9 Å². The first kappa shape index (κ1) is 21.1. The maximum Gasteiger partial charge on any atom is 0.255 e. The third-order valence-electron chi connectivity index (χ3n) is 4.39. The zero-order chi connectivity index (χ0) is 21.0. The van der Waals surface area contributed by atoms with Crippen molar-refractivity contribution in [1.29, 1.82) is 0 Å². The van der Waals surface area contributed by atoms with Gasteiger partial charge in [0.2, 0.25) is 10.0 Å². The largest absolute Gasteiger partial charge is 0.321 e. The highest BCUT2D eigenvalue weighted by molar-refractivity contribution is 9.10. The van der Waals surface area contributed by atoms with Crippen LogP contribution in [0.2, 0.25) is 0 Å². The summed E-state index contributed by atoms with van der Waals surface area (Å²) in [6.45, 7) is 2.21. The van der Waals surface area contributed by atoms with E-state index in [0.717, 1.165) is 15.6 Å². The zero-order valence-electron chi connectivity index (χ0n) is 16.1. The highest BCUT2D eigenvalue weighted by Gasteiger charge is 2.18. The molecule has 3 rings (SSSR count). The molecular formula is C22H21BrN2O3S. The number of nitrogens with zero attached hydrogens (tertiary/aromatic N) is 1. The second-order valence-corrected chi connectivity index (χ2v) is 9.50. The van der Waals surface area contributed by atoms with Crippen LogP contribution in [0.1, 0.15) is 21.5 Å². The van der Waals surface area contributed by atoms with Gasteiger partial charge in [-0.3, -0.25) is 9.10 Å². The molecule has 0 bridgehead atoms. The Labute approximate surface area is 179 Å². The average Bonchev–Trinajstić information content (AvgIpc) is 2.68. The summed E-state index contributed by atoms with van der Waals surface area (Å²) in [7, 11) is -3.49. The normalized spacial score (nSPS) is 11.1. The first-order valence-electron chi connectivity index (χ1n) is 8.93. The van der Waals surface area contributed by atoms with Crippen molar-refractivity contribution in [3.63, 3.8) is 0 Å². The fourth-order valence-electron chi connectivity index (χ4n) is 2.80. The van der Waals surface area contributed by atoms with E-state index in [1.807, 2.05) is 49.4 Å². The van der Waals surface area contributed by atoms with Gasteiger partial charge in [0.25, 0.3) is 5.91 Å². The first-order chi connectivity index (χ1) is 13.7. The molecule has 0 aliphatic heterocycles. The van der Waals surface area contributed by atoms with Crippen LogP contribution in [-0.4, -0.2) is 20.6 Å². The van der Waals surface area contributed by atoms with Crippen molar-refractivity contribution in [1.82, 2.24) is 0 Å². The number of rotatable bonds is 6. The third-order valence-corrected chi connectivity index (χ3v) is 6.22. The molecule has 3 aromatic rings. The number of nitrogens with one attached hydrogen (secondary N) is 1. The molecule has 0 aromatic heterocycles.